The maximum Gasteiger partial charge on any atom is 0.282 e. The van der Waals surface area contributed by atoms with Crippen LogP contribution in [0.1, 0.15) is 23.6 Å². The third-order valence-electron chi connectivity index (χ3n) is 4.75. The Hall–Kier alpha value is -3.37. The summed E-state index contributed by atoms with van der Waals surface area (Å²) in [5.74, 6) is 1.21. The van der Waals surface area contributed by atoms with Crippen LogP contribution in [-0.2, 0) is 4.79 Å². The molecule has 0 saturated carbocycles. The van der Waals surface area contributed by atoms with Crippen LogP contribution in [0.25, 0.3) is 6.08 Å². The molecule has 0 fully saturated rings. The van der Waals surface area contributed by atoms with E-state index >= 15 is 0 Å². The lowest BCUT2D eigenvalue weighted by Gasteiger charge is -2.18. The first-order chi connectivity index (χ1) is 14.5. The van der Waals surface area contributed by atoms with Gasteiger partial charge in [-0.2, -0.15) is 0 Å². The fraction of sp³-hybridized carbons (Fsp3) is 0.120. The summed E-state index contributed by atoms with van der Waals surface area (Å²) in [6.45, 7) is 4.57. The number of hydrogen-bond donors (Lipinski definition) is 0. The SMILES string of the molecule is CCOc1ccc(/C=C2/N=C(c3ccc(Cl)cc3)N(c3ccc(C)cc3)C2=O)cc1. The number of amides is 1. The van der Waals surface area contributed by atoms with E-state index in [1.165, 1.54) is 0 Å². The topological polar surface area (TPSA) is 41.9 Å². The van der Waals surface area contributed by atoms with Crippen LogP contribution in [0.15, 0.2) is 83.5 Å². The summed E-state index contributed by atoms with van der Waals surface area (Å²) in [6, 6.07) is 22.8. The Kier molecular flexibility index (Phi) is 5.68. The Bertz CT molecular complexity index is 1120. The monoisotopic (exact) mass is 416 g/mol. The summed E-state index contributed by atoms with van der Waals surface area (Å²) in [5, 5.41) is 0.635. The quantitative estimate of drug-likeness (QED) is 0.487. The molecular weight excluding hydrogens is 396 g/mol. The van der Waals surface area contributed by atoms with Crippen molar-refractivity contribution in [2.45, 2.75) is 13.8 Å². The molecule has 0 bridgehead atoms. The lowest BCUT2D eigenvalue weighted by Crippen LogP contribution is -2.32. The number of rotatable bonds is 5. The van der Waals surface area contributed by atoms with E-state index < -0.39 is 0 Å². The van der Waals surface area contributed by atoms with E-state index in [0.717, 1.165) is 28.1 Å². The normalized spacial score (nSPS) is 14.9. The number of benzene rings is 3. The molecule has 4 rings (SSSR count). The van der Waals surface area contributed by atoms with Crippen molar-refractivity contribution in [3.8, 4) is 5.75 Å². The first-order valence-electron chi connectivity index (χ1n) is 9.75. The molecule has 0 unspecified atom stereocenters. The maximum atomic E-state index is 13.3. The zero-order chi connectivity index (χ0) is 21.1. The maximum absolute atomic E-state index is 13.3. The highest BCUT2D eigenvalue weighted by Gasteiger charge is 2.32. The van der Waals surface area contributed by atoms with Gasteiger partial charge >= 0.3 is 0 Å². The number of aryl methyl sites for hydroxylation is 1. The molecule has 4 nitrogen and oxygen atoms in total. The third-order valence-corrected chi connectivity index (χ3v) is 5.00. The molecule has 150 valence electrons. The van der Waals surface area contributed by atoms with Gasteiger partial charge in [-0.1, -0.05) is 41.4 Å². The number of ether oxygens (including phenoxy) is 1. The van der Waals surface area contributed by atoms with E-state index in [2.05, 4.69) is 4.99 Å². The lowest BCUT2D eigenvalue weighted by molar-refractivity contribution is -0.113. The van der Waals surface area contributed by atoms with Gasteiger partial charge < -0.3 is 4.74 Å². The number of aliphatic imine (C=N–C) groups is 1. The number of carbonyl (C=O) groups is 1. The minimum atomic E-state index is -0.169. The molecular formula is C25H21ClN2O2. The Labute approximate surface area is 181 Å². The average Bonchev–Trinajstić information content (AvgIpc) is 3.07. The van der Waals surface area contributed by atoms with Crippen molar-refractivity contribution in [3.05, 3.63) is 100 Å². The summed E-state index contributed by atoms with van der Waals surface area (Å²) < 4.78 is 5.49. The highest BCUT2D eigenvalue weighted by molar-refractivity contribution is 6.34. The minimum Gasteiger partial charge on any atom is -0.494 e. The second-order valence-corrected chi connectivity index (χ2v) is 7.39. The smallest absolute Gasteiger partial charge is 0.282 e. The van der Waals surface area contributed by atoms with Crippen LogP contribution >= 0.6 is 11.6 Å². The average molecular weight is 417 g/mol. The molecule has 30 heavy (non-hydrogen) atoms. The van der Waals surface area contributed by atoms with Crippen LogP contribution in [0.3, 0.4) is 0 Å². The molecule has 1 heterocycles. The van der Waals surface area contributed by atoms with Gasteiger partial charge in [0, 0.05) is 10.6 Å². The molecule has 0 radical (unpaired) electrons. The van der Waals surface area contributed by atoms with Crippen molar-refractivity contribution in [2.75, 3.05) is 11.5 Å². The number of hydrogen-bond acceptors (Lipinski definition) is 3. The van der Waals surface area contributed by atoms with Gasteiger partial charge in [0.1, 0.15) is 17.3 Å². The highest BCUT2D eigenvalue weighted by Crippen LogP contribution is 2.29. The second kappa shape index (κ2) is 8.56. The van der Waals surface area contributed by atoms with Gasteiger partial charge in [-0.05, 0) is 74.0 Å². The Morgan fingerprint density at radius 2 is 1.63 bits per heavy atom. The third kappa shape index (κ3) is 4.14. The summed E-state index contributed by atoms with van der Waals surface area (Å²) >= 11 is 6.05. The molecule has 0 saturated heterocycles. The fourth-order valence-corrected chi connectivity index (χ4v) is 3.35. The summed E-state index contributed by atoms with van der Waals surface area (Å²) in [4.78, 5) is 19.6. The van der Waals surface area contributed by atoms with Gasteiger partial charge in [0.05, 0.1) is 12.3 Å². The van der Waals surface area contributed by atoms with Crippen LogP contribution in [0.2, 0.25) is 5.02 Å². The lowest BCUT2D eigenvalue weighted by atomic mass is 10.1. The van der Waals surface area contributed by atoms with Crippen LogP contribution in [0, 0.1) is 6.92 Å². The van der Waals surface area contributed by atoms with Gasteiger partial charge in [0.2, 0.25) is 0 Å². The van der Waals surface area contributed by atoms with Crippen molar-refractivity contribution in [1.82, 2.24) is 0 Å². The molecule has 1 amide bonds. The van der Waals surface area contributed by atoms with Gasteiger partial charge in [-0.3, -0.25) is 9.69 Å². The predicted molar refractivity (Wildman–Crippen MR) is 122 cm³/mol. The molecule has 1 aliphatic rings. The van der Waals surface area contributed by atoms with Gasteiger partial charge in [-0.15, -0.1) is 0 Å². The van der Waals surface area contributed by atoms with Gasteiger partial charge in [-0.25, -0.2) is 4.99 Å². The molecule has 3 aromatic carbocycles. The molecule has 0 atom stereocenters. The van der Waals surface area contributed by atoms with Crippen LogP contribution in [0.5, 0.6) is 5.75 Å². The number of anilines is 1. The molecule has 0 aromatic heterocycles. The van der Waals surface area contributed by atoms with Gasteiger partial charge in [0.15, 0.2) is 0 Å². The predicted octanol–water partition coefficient (Wildman–Crippen LogP) is 5.88. The minimum absolute atomic E-state index is 0.169. The summed E-state index contributed by atoms with van der Waals surface area (Å²) in [6.07, 6.45) is 1.79. The van der Waals surface area contributed by atoms with E-state index in [4.69, 9.17) is 16.3 Å². The van der Waals surface area contributed by atoms with E-state index in [9.17, 15) is 4.79 Å². The standard InChI is InChI=1S/C25H21ClN2O2/c1-3-30-22-14-6-18(7-15-22)16-23-25(29)28(21-12-4-17(2)5-13-21)24(27-23)19-8-10-20(26)11-9-19/h4-16H,3H2,1-2H3/b23-16+. The molecule has 3 aromatic rings. The van der Waals surface area contributed by atoms with E-state index in [1.54, 1.807) is 23.1 Å². The van der Waals surface area contributed by atoms with Gasteiger partial charge in [0.25, 0.3) is 5.91 Å². The number of nitrogens with zero attached hydrogens (tertiary/aromatic N) is 2. The van der Waals surface area contributed by atoms with Crippen LogP contribution in [0.4, 0.5) is 5.69 Å². The van der Waals surface area contributed by atoms with Crippen molar-refractivity contribution in [1.29, 1.82) is 0 Å². The summed E-state index contributed by atoms with van der Waals surface area (Å²) in [7, 11) is 0. The number of amidine groups is 1. The molecule has 0 N–H and O–H groups in total. The van der Waals surface area contributed by atoms with Crippen molar-refractivity contribution >= 4 is 35.1 Å². The zero-order valence-corrected chi connectivity index (χ0v) is 17.6. The number of halogens is 1. The first kappa shape index (κ1) is 19.9. The highest BCUT2D eigenvalue weighted by atomic mass is 35.5. The van der Waals surface area contributed by atoms with E-state index in [-0.39, 0.29) is 5.91 Å². The Morgan fingerprint density at radius 3 is 2.27 bits per heavy atom. The van der Waals surface area contributed by atoms with Crippen molar-refractivity contribution in [3.63, 3.8) is 0 Å². The molecule has 0 spiro atoms. The molecule has 0 aliphatic carbocycles. The van der Waals surface area contributed by atoms with Crippen LogP contribution < -0.4 is 9.64 Å². The van der Waals surface area contributed by atoms with E-state index in [1.807, 2.05) is 74.5 Å². The molecule has 1 aliphatic heterocycles. The Morgan fingerprint density at radius 1 is 0.967 bits per heavy atom. The van der Waals surface area contributed by atoms with Crippen molar-refractivity contribution in [2.24, 2.45) is 4.99 Å². The molecule has 5 heteroatoms. The first-order valence-corrected chi connectivity index (χ1v) is 10.1. The van der Waals surface area contributed by atoms with E-state index in [0.29, 0.717) is 23.2 Å². The Balaban J connectivity index is 1.75. The second-order valence-electron chi connectivity index (χ2n) is 6.95. The summed E-state index contributed by atoms with van der Waals surface area (Å²) in [5.41, 5.74) is 3.98. The van der Waals surface area contributed by atoms with Crippen LogP contribution in [-0.4, -0.2) is 18.3 Å². The largest absolute Gasteiger partial charge is 0.494 e. The number of carbonyl (C=O) groups excluding carboxylic acids is 1. The van der Waals surface area contributed by atoms with Crippen molar-refractivity contribution < 1.29 is 9.53 Å². The fourth-order valence-electron chi connectivity index (χ4n) is 3.23. The zero-order valence-electron chi connectivity index (χ0n) is 16.8.